The highest BCUT2D eigenvalue weighted by Crippen LogP contribution is 2.45. The van der Waals surface area contributed by atoms with Crippen molar-refractivity contribution in [3.8, 4) is 16.9 Å². The number of benzene rings is 2. The van der Waals surface area contributed by atoms with Crippen LogP contribution in [-0.4, -0.2) is 47.0 Å². The van der Waals surface area contributed by atoms with Crippen LogP contribution in [0.2, 0.25) is 0 Å². The number of piperidine rings is 1. The van der Waals surface area contributed by atoms with E-state index in [1.165, 1.54) is 0 Å². The molecule has 7 heteroatoms. The molecule has 0 spiro atoms. The quantitative estimate of drug-likeness (QED) is 0.332. The second-order valence-electron chi connectivity index (χ2n) is 13.2. The summed E-state index contributed by atoms with van der Waals surface area (Å²) in [7, 11) is 0. The summed E-state index contributed by atoms with van der Waals surface area (Å²) in [5.74, 6) is -0.221. The highest BCUT2D eigenvalue weighted by Gasteiger charge is 2.38. The van der Waals surface area contributed by atoms with Crippen LogP contribution in [0.4, 0.5) is 5.69 Å². The Labute approximate surface area is 256 Å². The molecule has 0 radical (unpaired) electrons. The van der Waals surface area contributed by atoms with Crippen LogP contribution in [0.15, 0.2) is 54.6 Å². The van der Waals surface area contributed by atoms with Crippen LogP contribution in [-0.2, 0) is 14.3 Å². The lowest BCUT2D eigenvalue weighted by molar-refractivity contribution is -0.160. The maximum Gasteiger partial charge on any atom is 0.337 e. The third kappa shape index (κ3) is 7.22. The summed E-state index contributed by atoms with van der Waals surface area (Å²) in [6, 6.07) is 18.6. The van der Waals surface area contributed by atoms with Crippen molar-refractivity contribution < 1.29 is 24.1 Å². The fraction of sp³-hybridized carbons (Fsp3) is 0.500. The van der Waals surface area contributed by atoms with Crippen LogP contribution in [0.25, 0.3) is 11.1 Å². The van der Waals surface area contributed by atoms with Gasteiger partial charge in [-0.05, 0) is 96.9 Å². The van der Waals surface area contributed by atoms with Crippen molar-refractivity contribution in [1.82, 2.24) is 4.98 Å². The molecule has 43 heavy (non-hydrogen) atoms. The highest BCUT2D eigenvalue weighted by molar-refractivity contribution is 5.88. The zero-order valence-electron chi connectivity index (χ0n) is 26.5. The molecule has 2 aromatic carbocycles. The van der Waals surface area contributed by atoms with E-state index in [0.29, 0.717) is 17.9 Å². The molecule has 1 unspecified atom stereocenters. The number of carbonyl (C=O) groups is 1. The molecule has 1 saturated heterocycles. The number of nitrogens with zero attached hydrogens (tertiary/aromatic N) is 2. The molecule has 4 aliphatic heterocycles. The van der Waals surface area contributed by atoms with Gasteiger partial charge in [0.05, 0.1) is 16.9 Å². The van der Waals surface area contributed by atoms with E-state index in [1.807, 2.05) is 52.8 Å². The summed E-state index contributed by atoms with van der Waals surface area (Å²) in [5, 5.41) is 10.5. The number of ether oxygens (including phenoxy) is 3. The Bertz CT molecular complexity index is 1410. The third-order valence-electron chi connectivity index (χ3n) is 8.58. The van der Waals surface area contributed by atoms with Crippen molar-refractivity contribution in [2.75, 3.05) is 24.6 Å². The maximum atomic E-state index is 12.8. The average Bonchev–Trinajstić information content (AvgIpc) is 2.96. The first-order chi connectivity index (χ1) is 20.4. The number of rotatable bonds is 4. The van der Waals surface area contributed by atoms with Crippen LogP contribution in [0.1, 0.15) is 94.5 Å². The molecule has 1 aromatic heterocycles. The molecule has 230 valence electrons. The Hall–Kier alpha value is -3.42. The smallest absolute Gasteiger partial charge is 0.337 e. The van der Waals surface area contributed by atoms with Gasteiger partial charge in [0.2, 0.25) is 0 Å². The van der Waals surface area contributed by atoms with E-state index in [1.54, 1.807) is 0 Å². The molecule has 1 fully saturated rings. The van der Waals surface area contributed by atoms with Gasteiger partial charge in [-0.3, -0.25) is 4.98 Å². The molecule has 0 amide bonds. The zero-order chi connectivity index (χ0) is 30.8. The molecular formula is C36H46N2O5. The molecule has 7 nitrogen and oxygen atoms in total. The first kappa shape index (κ1) is 31.0. The number of hydrogen-bond donors (Lipinski definition) is 1. The first-order valence-electron chi connectivity index (χ1n) is 15.6. The minimum Gasteiger partial charge on any atom is -0.486 e. The lowest BCUT2D eigenvalue weighted by Gasteiger charge is -2.42. The molecule has 0 aliphatic carbocycles. The van der Waals surface area contributed by atoms with E-state index in [9.17, 15) is 9.90 Å². The van der Waals surface area contributed by atoms with Crippen LogP contribution >= 0.6 is 0 Å². The predicted molar refractivity (Wildman–Crippen MR) is 170 cm³/mol. The predicted octanol–water partition coefficient (Wildman–Crippen LogP) is 7.99. The number of hydrogen-bond acceptors (Lipinski definition) is 6. The number of fused-ring (bicyclic) bond motifs is 2. The van der Waals surface area contributed by atoms with Gasteiger partial charge < -0.3 is 24.2 Å². The number of carboxylic acids is 1. The molecular weight excluding hydrogens is 540 g/mol. The SMILES string of the molecule is Cc1nc(C)c([C@H](OC(C)(C)C)C(=O)O)c2c1-c1ccc(cc1)OC(c1ccccc1)CCCCOC1(C)CCN2CC1. The molecule has 5 heterocycles. The van der Waals surface area contributed by atoms with E-state index in [-0.39, 0.29) is 11.7 Å². The monoisotopic (exact) mass is 586 g/mol. The van der Waals surface area contributed by atoms with Gasteiger partial charge in [-0.15, -0.1) is 0 Å². The average molecular weight is 587 g/mol. The number of aliphatic carboxylic acids is 1. The van der Waals surface area contributed by atoms with Crippen molar-refractivity contribution in [1.29, 1.82) is 0 Å². The number of carboxylic acid groups (broad SMARTS) is 1. The van der Waals surface area contributed by atoms with Gasteiger partial charge in [0.25, 0.3) is 0 Å². The van der Waals surface area contributed by atoms with Crippen LogP contribution in [0.5, 0.6) is 5.75 Å². The molecule has 1 N–H and O–H groups in total. The van der Waals surface area contributed by atoms with Gasteiger partial charge >= 0.3 is 5.97 Å². The van der Waals surface area contributed by atoms with Gasteiger partial charge in [-0.1, -0.05) is 42.5 Å². The van der Waals surface area contributed by atoms with Crippen LogP contribution in [0, 0.1) is 13.8 Å². The van der Waals surface area contributed by atoms with Crippen molar-refractivity contribution in [2.24, 2.45) is 0 Å². The minimum absolute atomic E-state index is 0.0592. The number of anilines is 1. The summed E-state index contributed by atoms with van der Waals surface area (Å²) in [6.07, 6.45) is 3.34. The van der Waals surface area contributed by atoms with Crippen molar-refractivity contribution in [3.05, 3.63) is 77.1 Å². The second kappa shape index (κ2) is 12.7. The van der Waals surface area contributed by atoms with E-state index >= 15 is 0 Å². The Morgan fingerprint density at radius 3 is 2.33 bits per heavy atom. The fourth-order valence-electron chi connectivity index (χ4n) is 6.34. The summed E-state index contributed by atoms with van der Waals surface area (Å²) in [4.78, 5) is 20.0. The highest BCUT2D eigenvalue weighted by atomic mass is 16.5. The number of aromatic nitrogens is 1. The Balaban J connectivity index is 1.65. The molecule has 4 aliphatic rings. The first-order valence-corrected chi connectivity index (χ1v) is 15.6. The summed E-state index contributed by atoms with van der Waals surface area (Å²) in [5.41, 5.74) is 5.22. The molecule has 2 atom stereocenters. The van der Waals surface area contributed by atoms with Gasteiger partial charge in [0, 0.05) is 42.2 Å². The zero-order valence-corrected chi connectivity index (χ0v) is 26.5. The van der Waals surface area contributed by atoms with E-state index in [2.05, 4.69) is 48.2 Å². The fourth-order valence-corrected chi connectivity index (χ4v) is 6.34. The summed E-state index contributed by atoms with van der Waals surface area (Å²) in [6.45, 7) is 14.0. The van der Waals surface area contributed by atoms with Crippen molar-refractivity contribution in [3.63, 3.8) is 0 Å². The minimum atomic E-state index is -1.16. The van der Waals surface area contributed by atoms with Gasteiger partial charge in [0.1, 0.15) is 11.9 Å². The lowest BCUT2D eigenvalue weighted by Crippen LogP contribution is -2.45. The molecule has 0 saturated carbocycles. The maximum absolute atomic E-state index is 12.8. The number of pyridine rings is 1. The van der Waals surface area contributed by atoms with Gasteiger partial charge in [0.15, 0.2) is 6.10 Å². The summed E-state index contributed by atoms with van der Waals surface area (Å²) < 4.78 is 19.3. The van der Waals surface area contributed by atoms with Gasteiger partial charge in [-0.2, -0.15) is 0 Å². The molecule has 4 bridgehead atoms. The third-order valence-corrected chi connectivity index (χ3v) is 8.58. The van der Waals surface area contributed by atoms with Crippen LogP contribution < -0.4 is 9.64 Å². The number of aryl methyl sites for hydroxylation is 2. The Morgan fingerprint density at radius 2 is 1.70 bits per heavy atom. The largest absolute Gasteiger partial charge is 0.486 e. The molecule has 7 rings (SSSR count). The topological polar surface area (TPSA) is 81.1 Å². The van der Waals surface area contributed by atoms with E-state index in [0.717, 1.165) is 79.0 Å². The second-order valence-corrected chi connectivity index (χ2v) is 13.2. The molecule has 3 aromatic rings. The van der Waals surface area contributed by atoms with Crippen LogP contribution in [0.3, 0.4) is 0 Å². The Morgan fingerprint density at radius 1 is 1.02 bits per heavy atom. The van der Waals surface area contributed by atoms with E-state index < -0.39 is 17.7 Å². The lowest BCUT2D eigenvalue weighted by atomic mass is 9.89. The van der Waals surface area contributed by atoms with E-state index in [4.69, 9.17) is 19.2 Å². The van der Waals surface area contributed by atoms with Gasteiger partial charge in [-0.25, -0.2) is 4.79 Å². The van der Waals surface area contributed by atoms with Crippen molar-refractivity contribution >= 4 is 11.7 Å². The Kier molecular flexibility index (Phi) is 9.14. The summed E-state index contributed by atoms with van der Waals surface area (Å²) >= 11 is 0. The standard InChI is InChI=1S/C36H46N2O5/c1-24-30-27-15-17-28(18-16-27)42-29(26-12-8-7-9-13-26)14-10-11-23-41-36(6)19-21-38(22-20-36)32(30)31(25(2)37-24)33(34(39)40)43-35(3,4)5/h7-9,12-13,15-18,29,33H,10-11,14,19-23H2,1-6H3,(H,39,40)/t29?,33-/m0/s1. The van der Waals surface area contributed by atoms with Crippen molar-refractivity contribution in [2.45, 2.75) is 97.1 Å². The normalized spacial score (nSPS) is 22.0.